The van der Waals surface area contributed by atoms with Crippen LogP contribution >= 0.6 is 0 Å². The smallest absolute Gasteiger partial charge is 0.207 e. The molecule has 0 aromatic carbocycles. The molecule has 0 bridgehead atoms. The van der Waals surface area contributed by atoms with Gasteiger partial charge >= 0.3 is 0 Å². The predicted octanol–water partition coefficient (Wildman–Crippen LogP) is 0.710. The van der Waals surface area contributed by atoms with Crippen molar-refractivity contribution in [2.75, 3.05) is 0 Å². The number of aryl methyl sites for hydroxylation is 1. The number of hydrogen-bond acceptors (Lipinski definition) is 2. The van der Waals surface area contributed by atoms with Crippen LogP contribution < -0.4 is 5.32 Å². The van der Waals surface area contributed by atoms with Gasteiger partial charge in [0, 0.05) is 18.9 Å². The molecular weight excluding hydrogens is 154 g/mol. The molecule has 0 saturated heterocycles. The first-order chi connectivity index (χ1) is 5.79. The Kier molecular flexibility index (Phi) is 2.85. The summed E-state index contributed by atoms with van der Waals surface area (Å²) in [5.41, 5.74) is 0. The SMILES string of the molecule is CCn1ccnc1C(C)NC=O. The van der Waals surface area contributed by atoms with E-state index >= 15 is 0 Å². The van der Waals surface area contributed by atoms with E-state index in [1.54, 1.807) is 6.20 Å². The summed E-state index contributed by atoms with van der Waals surface area (Å²) < 4.78 is 2.00. The van der Waals surface area contributed by atoms with Crippen molar-refractivity contribution in [2.45, 2.75) is 26.4 Å². The summed E-state index contributed by atoms with van der Waals surface area (Å²) in [5.74, 6) is 0.893. The maximum absolute atomic E-state index is 10.2. The lowest BCUT2D eigenvalue weighted by atomic mass is 10.3. The molecule has 4 nitrogen and oxygen atoms in total. The van der Waals surface area contributed by atoms with Crippen molar-refractivity contribution in [2.24, 2.45) is 0 Å². The van der Waals surface area contributed by atoms with E-state index in [1.807, 2.05) is 24.6 Å². The van der Waals surface area contributed by atoms with Gasteiger partial charge in [0.2, 0.25) is 6.41 Å². The third-order valence-electron chi connectivity index (χ3n) is 1.79. The highest BCUT2D eigenvalue weighted by Crippen LogP contribution is 2.08. The Morgan fingerprint density at radius 3 is 3.17 bits per heavy atom. The van der Waals surface area contributed by atoms with Crippen LogP contribution in [-0.2, 0) is 11.3 Å². The quantitative estimate of drug-likeness (QED) is 0.671. The number of aromatic nitrogens is 2. The molecule has 66 valence electrons. The average Bonchev–Trinajstić information content (AvgIpc) is 2.51. The molecule has 0 aliphatic heterocycles. The van der Waals surface area contributed by atoms with Crippen LogP contribution in [-0.4, -0.2) is 16.0 Å². The van der Waals surface area contributed by atoms with Gasteiger partial charge in [-0.15, -0.1) is 0 Å². The molecule has 0 aliphatic rings. The molecule has 1 heterocycles. The van der Waals surface area contributed by atoms with Gasteiger partial charge in [0.1, 0.15) is 5.82 Å². The fourth-order valence-electron chi connectivity index (χ4n) is 1.15. The van der Waals surface area contributed by atoms with Crippen molar-refractivity contribution >= 4 is 6.41 Å². The van der Waals surface area contributed by atoms with Gasteiger partial charge in [0.15, 0.2) is 0 Å². The highest BCUT2D eigenvalue weighted by atomic mass is 16.1. The van der Waals surface area contributed by atoms with Gasteiger partial charge in [-0.05, 0) is 13.8 Å². The summed E-state index contributed by atoms with van der Waals surface area (Å²) in [6, 6.07) is -0.0163. The van der Waals surface area contributed by atoms with E-state index in [4.69, 9.17) is 0 Å². The summed E-state index contributed by atoms with van der Waals surface area (Å²) >= 11 is 0. The van der Waals surface area contributed by atoms with Crippen LogP contribution in [0.2, 0.25) is 0 Å². The van der Waals surface area contributed by atoms with E-state index in [0.29, 0.717) is 6.41 Å². The number of hydrogen-bond donors (Lipinski definition) is 1. The van der Waals surface area contributed by atoms with Gasteiger partial charge in [0.05, 0.1) is 6.04 Å². The Hall–Kier alpha value is -1.32. The summed E-state index contributed by atoms with van der Waals surface area (Å²) in [5, 5.41) is 2.66. The maximum atomic E-state index is 10.2. The van der Waals surface area contributed by atoms with Crippen molar-refractivity contribution < 1.29 is 4.79 Å². The molecule has 4 heteroatoms. The second-order valence-corrected chi connectivity index (χ2v) is 2.58. The molecule has 0 fully saturated rings. The van der Waals surface area contributed by atoms with E-state index < -0.39 is 0 Å². The molecular formula is C8H13N3O. The minimum absolute atomic E-state index is 0.0163. The maximum Gasteiger partial charge on any atom is 0.207 e. The third kappa shape index (κ3) is 1.64. The highest BCUT2D eigenvalue weighted by Gasteiger charge is 2.08. The number of imidazole rings is 1. The van der Waals surface area contributed by atoms with Crippen molar-refractivity contribution in [3.63, 3.8) is 0 Å². The molecule has 0 saturated carbocycles. The first-order valence-corrected chi connectivity index (χ1v) is 4.00. The fourth-order valence-corrected chi connectivity index (χ4v) is 1.15. The van der Waals surface area contributed by atoms with Crippen LogP contribution in [0.25, 0.3) is 0 Å². The van der Waals surface area contributed by atoms with Crippen molar-refractivity contribution in [1.29, 1.82) is 0 Å². The lowest BCUT2D eigenvalue weighted by molar-refractivity contribution is -0.110. The number of carbonyl (C=O) groups excluding carboxylic acids is 1. The fraction of sp³-hybridized carbons (Fsp3) is 0.500. The minimum atomic E-state index is -0.0163. The molecule has 1 aromatic rings. The lowest BCUT2D eigenvalue weighted by Crippen LogP contribution is -2.20. The number of carbonyl (C=O) groups is 1. The molecule has 0 radical (unpaired) electrons. The standard InChI is InChI=1S/C8H13N3O/c1-3-11-5-4-9-8(11)7(2)10-6-12/h4-7H,3H2,1-2H3,(H,10,12). The molecule has 12 heavy (non-hydrogen) atoms. The monoisotopic (exact) mass is 167 g/mol. The topological polar surface area (TPSA) is 46.9 Å². The van der Waals surface area contributed by atoms with Crippen LogP contribution in [0.3, 0.4) is 0 Å². The van der Waals surface area contributed by atoms with Crippen LogP contribution in [0.15, 0.2) is 12.4 Å². The largest absolute Gasteiger partial charge is 0.349 e. The normalized spacial score (nSPS) is 12.5. The van der Waals surface area contributed by atoms with Gasteiger partial charge in [-0.25, -0.2) is 4.98 Å². The van der Waals surface area contributed by atoms with E-state index in [-0.39, 0.29) is 6.04 Å². The van der Waals surface area contributed by atoms with Crippen molar-refractivity contribution in [1.82, 2.24) is 14.9 Å². The Balaban J connectivity index is 2.78. The van der Waals surface area contributed by atoms with Crippen LogP contribution in [0.4, 0.5) is 0 Å². The molecule has 1 unspecified atom stereocenters. The number of amides is 1. The van der Waals surface area contributed by atoms with Gasteiger partial charge < -0.3 is 9.88 Å². The summed E-state index contributed by atoms with van der Waals surface area (Å²) in [4.78, 5) is 14.3. The second-order valence-electron chi connectivity index (χ2n) is 2.58. The van der Waals surface area contributed by atoms with Gasteiger partial charge in [-0.1, -0.05) is 0 Å². The molecule has 1 aromatic heterocycles. The zero-order valence-corrected chi connectivity index (χ0v) is 7.32. The van der Waals surface area contributed by atoms with Gasteiger partial charge in [-0.2, -0.15) is 0 Å². The predicted molar refractivity (Wildman–Crippen MR) is 45.5 cm³/mol. The molecule has 1 amide bonds. The molecule has 1 N–H and O–H groups in total. The molecule has 1 atom stereocenters. The van der Waals surface area contributed by atoms with Crippen LogP contribution in [0, 0.1) is 0 Å². The van der Waals surface area contributed by atoms with Crippen LogP contribution in [0.1, 0.15) is 25.7 Å². The molecule has 1 rings (SSSR count). The van der Waals surface area contributed by atoms with Gasteiger partial charge in [-0.3, -0.25) is 4.79 Å². The third-order valence-corrected chi connectivity index (χ3v) is 1.79. The Morgan fingerprint density at radius 2 is 2.58 bits per heavy atom. The Morgan fingerprint density at radius 1 is 1.83 bits per heavy atom. The summed E-state index contributed by atoms with van der Waals surface area (Å²) in [6.45, 7) is 4.82. The van der Waals surface area contributed by atoms with Gasteiger partial charge in [0.25, 0.3) is 0 Å². The number of nitrogens with zero attached hydrogens (tertiary/aromatic N) is 2. The van der Waals surface area contributed by atoms with Crippen molar-refractivity contribution in [3.05, 3.63) is 18.2 Å². The Labute approximate surface area is 71.6 Å². The van der Waals surface area contributed by atoms with E-state index in [1.165, 1.54) is 0 Å². The summed E-state index contributed by atoms with van der Waals surface area (Å²) in [7, 11) is 0. The number of nitrogens with one attached hydrogen (secondary N) is 1. The summed E-state index contributed by atoms with van der Waals surface area (Å²) in [6.07, 6.45) is 4.33. The average molecular weight is 167 g/mol. The lowest BCUT2D eigenvalue weighted by Gasteiger charge is -2.10. The van der Waals surface area contributed by atoms with Crippen LogP contribution in [0.5, 0.6) is 0 Å². The van der Waals surface area contributed by atoms with E-state index in [0.717, 1.165) is 12.4 Å². The zero-order valence-electron chi connectivity index (χ0n) is 7.32. The zero-order chi connectivity index (χ0) is 8.97. The van der Waals surface area contributed by atoms with E-state index in [9.17, 15) is 4.79 Å². The minimum Gasteiger partial charge on any atom is -0.349 e. The molecule has 0 aliphatic carbocycles. The van der Waals surface area contributed by atoms with E-state index in [2.05, 4.69) is 10.3 Å². The first kappa shape index (κ1) is 8.77. The molecule has 0 spiro atoms. The number of rotatable bonds is 4. The second kappa shape index (κ2) is 3.90. The first-order valence-electron chi connectivity index (χ1n) is 4.00. The van der Waals surface area contributed by atoms with Crippen molar-refractivity contribution in [3.8, 4) is 0 Å². The Bertz CT molecular complexity index is 257. The highest BCUT2D eigenvalue weighted by molar-refractivity contribution is 5.46.